The van der Waals surface area contributed by atoms with Gasteiger partial charge in [0.05, 0.1) is 17.7 Å². The van der Waals surface area contributed by atoms with Crippen LogP contribution in [0.2, 0.25) is 0 Å². The average Bonchev–Trinajstić information content (AvgIpc) is 3.02. The zero-order valence-corrected chi connectivity index (χ0v) is 23.0. The molecule has 4 aromatic carbocycles. The number of rotatable bonds is 8. The van der Waals surface area contributed by atoms with E-state index in [2.05, 4.69) is 114 Å². The van der Waals surface area contributed by atoms with Crippen LogP contribution in [0.4, 0.5) is 0 Å². The van der Waals surface area contributed by atoms with Gasteiger partial charge in [0.15, 0.2) is 0 Å². The Hall–Kier alpha value is -3.79. The maximum atomic E-state index is 7.24. The van der Waals surface area contributed by atoms with E-state index >= 15 is 0 Å². The highest BCUT2D eigenvalue weighted by Crippen LogP contribution is 2.44. The molecule has 3 nitrogen and oxygen atoms in total. The van der Waals surface area contributed by atoms with Crippen LogP contribution in [0.5, 0.6) is 0 Å². The predicted octanol–water partition coefficient (Wildman–Crippen LogP) is 8.29. The molecule has 4 heterocycles. The van der Waals surface area contributed by atoms with Crippen molar-refractivity contribution in [2.75, 3.05) is 13.1 Å². The van der Waals surface area contributed by atoms with Gasteiger partial charge in [-0.2, -0.15) is 0 Å². The lowest BCUT2D eigenvalue weighted by molar-refractivity contribution is -0.0899. The SMILES string of the molecule is C=C[C@@H](Cc1c2ccccc2cc2ccccc12)O[C@H](c1ccnc2ccccc12)[C@@H]1C[C@@H]2CCN1C[C@@H]2C=C. The lowest BCUT2D eigenvalue weighted by Gasteiger charge is -2.51. The number of nitrogens with zero attached hydrogens (tertiary/aromatic N) is 2. The first-order valence-electron chi connectivity index (χ1n) is 14.6. The molecular formula is C37H36N2O. The molecule has 40 heavy (non-hydrogen) atoms. The molecule has 0 saturated carbocycles. The molecule has 0 radical (unpaired) electrons. The van der Waals surface area contributed by atoms with Crippen molar-refractivity contribution in [3.8, 4) is 0 Å². The summed E-state index contributed by atoms with van der Waals surface area (Å²) >= 11 is 0. The second-order valence-electron chi connectivity index (χ2n) is 11.5. The van der Waals surface area contributed by atoms with Gasteiger partial charge in [0, 0.05) is 30.6 Å². The number of hydrogen-bond acceptors (Lipinski definition) is 3. The second kappa shape index (κ2) is 10.6. The topological polar surface area (TPSA) is 25.4 Å². The van der Waals surface area contributed by atoms with Crippen molar-refractivity contribution in [2.45, 2.75) is 37.5 Å². The highest BCUT2D eigenvalue weighted by Gasteiger charge is 2.43. The van der Waals surface area contributed by atoms with Crippen LogP contribution in [-0.4, -0.2) is 35.1 Å². The van der Waals surface area contributed by atoms with E-state index in [-0.39, 0.29) is 12.2 Å². The molecule has 0 spiro atoms. The van der Waals surface area contributed by atoms with Crippen molar-refractivity contribution >= 4 is 32.4 Å². The molecule has 3 saturated heterocycles. The Morgan fingerprint density at radius 1 is 0.900 bits per heavy atom. The van der Waals surface area contributed by atoms with E-state index < -0.39 is 0 Å². The highest BCUT2D eigenvalue weighted by atomic mass is 16.5. The largest absolute Gasteiger partial charge is 0.364 e. The second-order valence-corrected chi connectivity index (χ2v) is 11.5. The first-order valence-corrected chi connectivity index (χ1v) is 14.6. The number of piperidine rings is 3. The van der Waals surface area contributed by atoms with Crippen LogP contribution >= 0.6 is 0 Å². The van der Waals surface area contributed by atoms with Gasteiger partial charge in [0.1, 0.15) is 0 Å². The third-order valence-electron chi connectivity index (χ3n) is 9.37. The van der Waals surface area contributed by atoms with E-state index in [9.17, 15) is 0 Å². The van der Waals surface area contributed by atoms with Crippen LogP contribution in [0.1, 0.15) is 30.1 Å². The van der Waals surface area contributed by atoms with Gasteiger partial charge >= 0.3 is 0 Å². The van der Waals surface area contributed by atoms with Crippen molar-refractivity contribution in [3.05, 3.63) is 128 Å². The van der Waals surface area contributed by atoms with E-state index in [0.717, 1.165) is 31.4 Å². The normalized spacial score (nSPS) is 23.8. The molecule has 0 amide bonds. The molecule has 3 aliphatic rings. The monoisotopic (exact) mass is 524 g/mol. The summed E-state index contributed by atoms with van der Waals surface area (Å²) in [7, 11) is 0. The molecule has 0 aliphatic carbocycles. The fraction of sp³-hybridized carbons (Fsp3) is 0.270. The van der Waals surface area contributed by atoms with Crippen LogP contribution in [-0.2, 0) is 11.2 Å². The van der Waals surface area contributed by atoms with Gasteiger partial charge in [-0.25, -0.2) is 0 Å². The summed E-state index contributed by atoms with van der Waals surface area (Å²) in [6, 6.07) is 30.7. The number of para-hydroxylation sites is 1. The van der Waals surface area contributed by atoms with Gasteiger partial charge in [-0.05, 0) is 82.1 Å². The first kappa shape index (κ1) is 25.2. The summed E-state index contributed by atoms with van der Waals surface area (Å²) in [5.74, 6) is 1.23. The molecular weight excluding hydrogens is 488 g/mol. The van der Waals surface area contributed by atoms with E-state index in [1.165, 1.54) is 44.5 Å². The number of benzene rings is 4. The predicted molar refractivity (Wildman–Crippen MR) is 166 cm³/mol. The Morgan fingerprint density at radius 3 is 2.27 bits per heavy atom. The van der Waals surface area contributed by atoms with Gasteiger partial charge in [-0.15, -0.1) is 13.2 Å². The molecule has 3 heteroatoms. The number of pyridine rings is 1. The number of ether oxygens (including phenoxy) is 1. The third-order valence-corrected chi connectivity index (χ3v) is 9.37. The Morgan fingerprint density at radius 2 is 1.60 bits per heavy atom. The van der Waals surface area contributed by atoms with Crippen molar-refractivity contribution in [2.24, 2.45) is 11.8 Å². The molecule has 1 unspecified atom stereocenters. The fourth-order valence-electron chi connectivity index (χ4n) is 7.33. The van der Waals surface area contributed by atoms with Crippen molar-refractivity contribution in [3.63, 3.8) is 0 Å². The standard InChI is InChI=1S/C37H36N2O/c1-3-25-24-39-20-18-26(25)22-36(39)37(33-17-19-38-35-16-10-9-15-32(33)35)40-29(4-2)23-34-30-13-7-5-11-27(30)21-28-12-6-8-14-31(28)34/h3-17,19,21,25-26,29,36-37H,1-2,18,20,22-24H2/t25-,26-,29-,36-,37+/m0/s1. The molecule has 2 bridgehead atoms. The van der Waals surface area contributed by atoms with Crippen molar-refractivity contribution in [1.82, 2.24) is 9.88 Å². The van der Waals surface area contributed by atoms with Crippen molar-refractivity contribution < 1.29 is 4.74 Å². The Bertz CT molecular complexity index is 1650. The minimum atomic E-state index is -0.136. The summed E-state index contributed by atoms with van der Waals surface area (Å²) in [5, 5.41) is 6.29. The third kappa shape index (κ3) is 4.44. The molecule has 1 aromatic heterocycles. The van der Waals surface area contributed by atoms with Gasteiger partial charge in [-0.3, -0.25) is 9.88 Å². The molecule has 8 rings (SSSR count). The van der Waals surface area contributed by atoms with E-state index in [1.807, 2.05) is 12.3 Å². The van der Waals surface area contributed by atoms with Gasteiger partial charge < -0.3 is 4.74 Å². The maximum Gasteiger partial charge on any atom is 0.0995 e. The summed E-state index contributed by atoms with van der Waals surface area (Å²) in [6.07, 6.45) is 9.05. The Labute approximate surface area is 236 Å². The molecule has 3 fully saturated rings. The lowest BCUT2D eigenvalue weighted by Crippen LogP contribution is -2.55. The Balaban J connectivity index is 1.30. The van der Waals surface area contributed by atoms with Gasteiger partial charge in [0.25, 0.3) is 0 Å². The fourth-order valence-corrected chi connectivity index (χ4v) is 7.33. The summed E-state index contributed by atoms with van der Waals surface area (Å²) < 4.78 is 7.24. The Kier molecular flexibility index (Phi) is 6.71. The number of fused-ring (bicyclic) bond motifs is 6. The maximum absolute atomic E-state index is 7.24. The van der Waals surface area contributed by atoms with E-state index in [1.54, 1.807) is 0 Å². The van der Waals surface area contributed by atoms with Crippen LogP contribution < -0.4 is 0 Å². The number of hydrogen-bond donors (Lipinski definition) is 0. The summed E-state index contributed by atoms with van der Waals surface area (Å²) in [6.45, 7) is 10.6. The molecule has 5 aromatic rings. The number of aromatic nitrogens is 1. The summed E-state index contributed by atoms with van der Waals surface area (Å²) in [4.78, 5) is 7.33. The quantitative estimate of drug-likeness (QED) is 0.151. The van der Waals surface area contributed by atoms with E-state index in [4.69, 9.17) is 4.74 Å². The van der Waals surface area contributed by atoms with Crippen molar-refractivity contribution in [1.29, 1.82) is 0 Å². The zero-order chi connectivity index (χ0) is 27.1. The van der Waals surface area contributed by atoms with Gasteiger partial charge in [0.2, 0.25) is 0 Å². The first-order chi connectivity index (χ1) is 19.7. The van der Waals surface area contributed by atoms with E-state index in [0.29, 0.717) is 17.9 Å². The van der Waals surface area contributed by atoms with Crippen LogP contribution in [0.15, 0.2) is 116 Å². The molecule has 200 valence electrons. The average molecular weight is 525 g/mol. The lowest BCUT2D eigenvalue weighted by atomic mass is 9.73. The minimum Gasteiger partial charge on any atom is -0.364 e. The minimum absolute atomic E-state index is 0.0781. The molecule has 0 N–H and O–H groups in total. The van der Waals surface area contributed by atoms with Crippen LogP contribution in [0.3, 0.4) is 0 Å². The van der Waals surface area contributed by atoms with Crippen LogP contribution in [0.25, 0.3) is 32.4 Å². The summed E-state index contributed by atoms with van der Waals surface area (Å²) in [5.41, 5.74) is 3.57. The smallest absolute Gasteiger partial charge is 0.0995 e. The molecule has 6 atom stereocenters. The van der Waals surface area contributed by atoms with Gasteiger partial charge in [-0.1, -0.05) is 78.9 Å². The highest BCUT2D eigenvalue weighted by molar-refractivity contribution is 6.02. The zero-order valence-electron chi connectivity index (χ0n) is 23.0. The van der Waals surface area contributed by atoms with Crippen LogP contribution in [0, 0.1) is 11.8 Å². The molecule has 3 aliphatic heterocycles.